The van der Waals surface area contributed by atoms with Crippen LogP contribution in [-0.2, 0) is 0 Å². The summed E-state index contributed by atoms with van der Waals surface area (Å²) in [5.41, 5.74) is 6.14. The van der Waals surface area contributed by atoms with Crippen molar-refractivity contribution in [3.05, 3.63) is 88.6 Å². The largest absolute Gasteiger partial charge is 0.361 e. The Balaban J connectivity index is 1.79. The lowest BCUT2D eigenvalue weighted by Gasteiger charge is -2.27. The van der Waals surface area contributed by atoms with Gasteiger partial charge in [0.15, 0.2) is 0 Å². The number of aryl methyl sites for hydroxylation is 3. The van der Waals surface area contributed by atoms with Crippen LogP contribution >= 0.6 is 0 Å². The minimum Gasteiger partial charge on any atom is -0.361 e. The van der Waals surface area contributed by atoms with Crippen molar-refractivity contribution >= 4 is 17.4 Å². The van der Waals surface area contributed by atoms with E-state index in [0.717, 1.165) is 27.9 Å². The number of carbonyl (C=O) groups is 1. The molecule has 0 saturated heterocycles. The van der Waals surface area contributed by atoms with E-state index in [1.165, 1.54) is 5.56 Å². The maximum atomic E-state index is 13.1. The van der Waals surface area contributed by atoms with Gasteiger partial charge in [-0.05, 0) is 50.1 Å². The van der Waals surface area contributed by atoms with Gasteiger partial charge in [0.05, 0.1) is 0 Å². The van der Waals surface area contributed by atoms with Gasteiger partial charge >= 0.3 is 0 Å². The summed E-state index contributed by atoms with van der Waals surface area (Å²) in [7, 11) is 0. The Labute approximate surface area is 153 Å². The van der Waals surface area contributed by atoms with Gasteiger partial charge in [-0.25, -0.2) is 4.98 Å². The molecule has 0 radical (unpaired) electrons. The van der Waals surface area contributed by atoms with Gasteiger partial charge in [0.25, 0.3) is 5.91 Å². The molecule has 2 heterocycles. The molecule has 0 bridgehead atoms. The molecule has 0 saturated carbocycles. The molecule has 0 unspecified atom stereocenters. The SMILES string of the molecule is Cc1ccc(N2C(=O)c3ccccc3[C@@H]2Nc2ccc(C)cc2C)nc1. The monoisotopic (exact) mass is 343 g/mol. The van der Waals surface area contributed by atoms with E-state index in [9.17, 15) is 4.79 Å². The zero-order valence-electron chi connectivity index (χ0n) is 15.2. The predicted molar refractivity (Wildman–Crippen MR) is 105 cm³/mol. The van der Waals surface area contributed by atoms with E-state index in [1.54, 1.807) is 11.1 Å². The Bertz CT molecular complexity index is 979. The highest BCUT2D eigenvalue weighted by molar-refractivity contribution is 6.11. The maximum absolute atomic E-state index is 13.1. The molecule has 2 aromatic carbocycles. The standard InChI is InChI=1S/C22H21N3O/c1-14-8-10-19(16(3)12-14)24-21-17-6-4-5-7-18(17)22(26)25(21)20-11-9-15(2)13-23-20/h4-13,21,24H,1-3H3/t21-/m1/s1. The Morgan fingerprint density at radius 1 is 0.962 bits per heavy atom. The van der Waals surface area contributed by atoms with Crippen LogP contribution in [-0.4, -0.2) is 10.9 Å². The number of amides is 1. The van der Waals surface area contributed by atoms with Gasteiger partial charge in [-0.15, -0.1) is 0 Å². The number of rotatable bonds is 3. The molecule has 1 N–H and O–H groups in total. The molecule has 26 heavy (non-hydrogen) atoms. The van der Waals surface area contributed by atoms with Crippen molar-refractivity contribution < 1.29 is 4.79 Å². The fourth-order valence-electron chi connectivity index (χ4n) is 3.42. The molecule has 0 spiro atoms. The van der Waals surface area contributed by atoms with Crippen molar-refractivity contribution in [3.8, 4) is 0 Å². The number of anilines is 2. The summed E-state index contributed by atoms with van der Waals surface area (Å²) in [6.45, 7) is 6.14. The molecule has 3 aromatic rings. The second kappa shape index (κ2) is 6.30. The van der Waals surface area contributed by atoms with Crippen LogP contribution in [0.1, 0.15) is 38.8 Å². The van der Waals surface area contributed by atoms with E-state index in [-0.39, 0.29) is 12.1 Å². The van der Waals surface area contributed by atoms with Crippen molar-refractivity contribution in [1.29, 1.82) is 0 Å². The molecule has 0 aliphatic carbocycles. The molecule has 130 valence electrons. The Kier molecular flexibility index (Phi) is 3.96. The highest BCUT2D eigenvalue weighted by Crippen LogP contribution is 2.37. The highest BCUT2D eigenvalue weighted by atomic mass is 16.2. The van der Waals surface area contributed by atoms with Gasteiger partial charge in [-0.3, -0.25) is 9.69 Å². The average Bonchev–Trinajstić information content (AvgIpc) is 2.91. The number of pyridine rings is 1. The second-order valence-electron chi connectivity index (χ2n) is 6.82. The molecule has 1 aliphatic rings. The number of hydrogen-bond donors (Lipinski definition) is 1. The first-order valence-corrected chi connectivity index (χ1v) is 8.73. The molecule has 0 fully saturated rings. The maximum Gasteiger partial charge on any atom is 0.261 e. The summed E-state index contributed by atoms with van der Waals surface area (Å²) < 4.78 is 0. The van der Waals surface area contributed by atoms with Gasteiger partial charge < -0.3 is 5.32 Å². The molecule has 4 nitrogen and oxygen atoms in total. The van der Waals surface area contributed by atoms with Crippen LogP contribution < -0.4 is 10.2 Å². The molecule has 1 atom stereocenters. The number of benzene rings is 2. The third kappa shape index (κ3) is 2.73. The van der Waals surface area contributed by atoms with E-state index >= 15 is 0 Å². The number of aromatic nitrogens is 1. The summed E-state index contributed by atoms with van der Waals surface area (Å²) in [5.74, 6) is 0.623. The molecule has 4 heteroatoms. The van der Waals surface area contributed by atoms with E-state index < -0.39 is 0 Å². The minimum atomic E-state index is -0.282. The van der Waals surface area contributed by atoms with Crippen LogP contribution in [0.2, 0.25) is 0 Å². The fourth-order valence-corrected chi connectivity index (χ4v) is 3.42. The second-order valence-corrected chi connectivity index (χ2v) is 6.82. The summed E-state index contributed by atoms with van der Waals surface area (Å²) >= 11 is 0. The van der Waals surface area contributed by atoms with E-state index in [2.05, 4.69) is 42.3 Å². The Hall–Kier alpha value is -3.14. The van der Waals surface area contributed by atoms with Gasteiger partial charge in [0.2, 0.25) is 0 Å². The van der Waals surface area contributed by atoms with Crippen LogP contribution in [0, 0.1) is 20.8 Å². The van der Waals surface area contributed by atoms with Gasteiger partial charge in [0.1, 0.15) is 12.0 Å². The smallest absolute Gasteiger partial charge is 0.261 e. The lowest BCUT2D eigenvalue weighted by Crippen LogP contribution is -2.33. The third-order valence-electron chi connectivity index (χ3n) is 4.78. The van der Waals surface area contributed by atoms with Crippen LogP contribution in [0.3, 0.4) is 0 Å². The van der Waals surface area contributed by atoms with Gasteiger partial charge in [-0.1, -0.05) is 42.0 Å². The molecular formula is C22H21N3O. The van der Waals surface area contributed by atoms with Crippen LogP contribution in [0.25, 0.3) is 0 Å². The fraction of sp³-hybridized carbons (Fsp3) is 0.182. The number of hydrogen-bond acceptors (Lipinski definition) is 3. The van der Waals surface area contributed by atoms with Crippen molar-refractivity contribution in [2.75, 3.05) is 10.2 Å². The van der Waals surface area contributed by atoms with E-state index in [1.807, 2.05) is 43.3 Å². The van der Waals surface area contributed by atoms with Crippen LogP contribution in [0.4, 0.5) is 11.5 Å². The van der Waals surface area contributed by atoms with Crippen molar-refractivity contribution in [2.45, 2.75) is 26.9 Å². The first-order valence-electron chi connectivity index (χ1n) is 8.73. The number of nitrogens with zero attached hydrogens (tertiary/aromatic N) is 2. The van der Waals surface area contributed by atoms with Crippen molar-refractivity contribution in [3.63, 3.8) is 0 Å². The summed E-state index contributed by atoms with van der Waals surface area (Å²) in [5, 5.41) is 3.55. The van der Waals surface area contributed by atoms with Crippen LogP contribution in [0.15, 0.2) is 60.8 Å². The lowest BCUT2D eigenvalue weighted by atomic mass is 10.1. The molecular weight excluding hydrogens is 322 g/mol. The topological polar surface area (TPSA) is 45.2 Å². The molecule has 4 rings (SSSR count). The average molecular weight is 343 g/mol. The van der Waals surface area contributed by atoms with Crippen molar-refractivity contribution in [1.82, 2.24) is 4.98 Å². The number of fused-ring (bicyclic) bond motifs is 1. The minimum absolute atomic E-state index is 0.0285. The molecule has 1 amide bonds. The number of nitrogens with one attached hydrogen (secondary N) is 1. The zero-order chi connectivity index (χ0) is 18.3. The first kappa shape index (κ1) is 16.3. The quantitative estimate of drug-likeness (QED) is 0.744. The molecule has 1 aliphatic heterocycles. The van der Waals surface area contributed by atoms with Crippen molar-refractivity contribution in [2.24, 2.45) is 0 Å². The van der Waals surface area contributed by atoms with Gasteiger partial charge in [-0.2, -0.15) is 0 Å². The Morgan fingerprint density at radius 3 is 2.46 bits per heavy atom. The lowest BCUT2D eigenvalue weighted by molar-refractivity contribution is 0.0992. The Morgan fingerprint density at radius 2 is 1.73 bits per heavy atom. The van der Waals surface area contributed by atoms with E-state index in [4.69, 9.17) is 0 Å². The number of carbonyl (C=O) groups excluding carboxylic acids is 1. The van der Waals surface area contributed by atoms with E-state index in [0.29, 0.717) is 5.82 Å². The summed E-state index contributed by atoms with van der Waals surface area (Å²) in [6.07, 6.45) is 1.51. The molecule has 1 aromatic heterocycles. The van der Waals surface area contributed by atoms with Crippen LogP contribution in [0.5, 0.6) is 0 Å². The highest BCUT2D eigenvalue weighted by Gasteiger charge is 2.38. The van der Waals surface area contributed by atoms with Gasteiger partial charge in [0, 0.05) is 23.0 Å². The normalized spacial score (nSPS) is 15.9. The third-order valence-corrected chi connectivity index (χ3v) is 4.78. The predicted octanol–water partition coefficient (Wildman–Crippen LogP) is 4.78. The first-order chi connectivity index (χ1) is 12.5. The summed E-state index contributed by atoms with van der Waals surface area (Å²) in [4.78, 5) is 19.3. The summed E-state index contributed by atoms with van der Waals surface area (Å²) in [6, 6.07) is 17.9. The zero-order valence-corrected chi connectivity index (χ0v) is 15.2.